The first-order valence-corrected chi connectivity index (χ1v) is 5.90. The van der Waals surface area contributed by atoms with Crippen LogP contribution in [0.15, 0.2) is 16.6 Å². The first-order chi connectivity index (χ1) is 8.07. The third kappa shape index (κ3) is 3.67. The lowest BCUT2D eigenvalue weighted by Gasteiger charge is -2.10. The van der Waals surface area contributed by atoms with E-state index in [1.807, 2.05) is 6.92 Å². The van der Waals surface area contributed by atoms with Crippen LogP contribution in [0.1, 0.15) is 12.5 Å². The molecule has 0 amide bonds. The lowest BCUT2D eigenvalue weighted by Crippen LogP contribution is -2.13. The number of nitrogen functional groups attached to an aromatic ring is 1. The monoisotopic (exact) mass is 304 g/mol. The first-order valence-electron chi connectivity index (χ1n) is 5.10. The molecule has 17 heavy (non-hydrogen) atoms. The van der Waals surface area contributed by atoms with Crippen LogP contribution in [0.4, 0.5) is 4.39 Å². The molecule has 0 aliphatic heterocycles. The fourth-order valence-electron chi connectivity index (χ4n) is 1.21. The van der Waals surface area contributed by atoms with Crippen LogP contribution in [0.25, 0.3) is 0 Å². The van der Waals surface area contributed by atoms with E-state index in [9.17, 15) is 4.39 Å². The Morgan fingerprint density at radius 3 is 2.76 bits per heavy atom. The van der Waals surface area contributed by atoms with Gasteiger partial charge in [-0.15, -0.1) is 0 Å². The number of hydrogen-bond acceptors (Lipinski definition) is 3. The molecule has 0 aliphatic carbocycles. The molecule has 1 aromatic carbocycles. The minimum Gasteiger partial charge on any atom is -0.488 e. The molecule has 0 radical (unpaired) electrons. The van der Waals surface area contributed by atoms with Crippen molar-refractivity contribution in [3.05, 3.63) is 28.0 Å². The highest BCUT2D eigenvalue weighted by atomic mass is 79.9. The molecule has 3 N–H and O–H groups in total. The number of benzene rings is 1. The zero-order valence-corrected chi connectivity index (χ0v) is 11.0. The molecule has 0 saturated heterocycles. The van der Waals surface area contributed by atoms with E-state index in [0.29, 0.717) is 18.8 Å². The topological polar surface area (TPSA) is 68.3 Å². The Morgan fingerprint density at radius 2 is 2.18 bits per heavy atom. The Labute approximate surface area is 108 Å². The number of ether oxygens (including phenoxy) is 2. The fraction of sp³-hybridized carbons (Fsp3) is 0.364. The van der Waals surface area contributed by atoms with Crippen molar-refractivity contribution in [3.63, 3.8) is 0 Å². The van der Waals surface area contributed by atoms with Crippen molar-refractivity contribution in [2.45, 2.75) is 6.92 Å². The lowest BCUT2D eigenvalue weighted by atomic mass is 10.2. The van der Waals surface area contributed by atoms with E-state index in [2.05, 4.69) is 15.9 Å². The van der Waals surface area contributed by atoms with E-state index < -0.39 is 5.82 Å². The second-order valence-corrected chi connectivity index (χ2v) is 3.99. The molecular weight excluding hydrogens is 291 g/mol. The van der Waals surface area contributed by atoms with Gasteiger partial charge >= 0.3 is 0 Å². The summed E-state index contributed by atoms with van der Waals surface area (Å²) >= 11 is 3.05. The summed E-state index contributed by atoms with van der Waals surface area (Å²) in [6.07, 6.45) is 0. The van der Waals surface area contributed by atoms with Gasteiger partial charge in [0.15, 0.2) is 11.6 Å². The van der Waals surface area contributed by atoms with Crippen LogP contribution in [0.3, 0.4) is 0 Å². The molecule has 1 aromatic rings. The van der Waals surface area contributed by atoms with Crippen LogP contribution in [0.2, 0.25) is 0 Å². The maximum atomic E-state index is 13.8. The van der Waals surface area contributed by atoms with E-state index in [1.54, 1.807) is 0 Å². The molecule has 0 saturated carbocycles. The molecule has 0 unspecified atom stereocenters. The Morgan fingerprint density at radius 1 is 1.47 bits per heavy atom. The summed E-state index contributed by atoms with van der Waals surface area (Å²) in [4.78, 5) is 0. The Balaban J connectivity index is 2.75. The van der Waals surface area contributed by atoms with Gasteiger partial charge in [0.1, 0.15) is 12.4 Å². The number of nitrogens with one attached hydrogen (secondary N) is 1. The summed E-state index contributed by atoms with van der Waals surface area (Å²) in [5.41, 5.74) is 5.60. The number of rotatable bonds is 6. The summed E-state index contributed by atoms with van der Waals surface area (Å²) in [6.45, 7) is 3.15. The molecule has 0 heterocycles. The Kier molecular flexibility index (Phi) is 5.37. The second-order valence-electron chi connectivity index (χ2n) is 3.20. The maximum Gasteiger partial charge on any atom is 0.179 e. The van der Waals surface area contributed by atoms with E-state index >= 15 is 0 Å². The van der Waals surface area contributed by atoms with Gasteiger partial charge in [0, 0.05) is 12.2 Å². The van der Waals surface area contributed by atoms with E-state index in [4.69, 9.17) is 20.6 Å². The van der Waals surface area contributed by atoms with Gasteiger partial charge in [0.2, 0.25) is 0 Å². The zero-order valence-electron chi connectivity index (χ0n) is 9.43. The fourth-order valence-corrected chi connectivity index (χ4v) is 1.75. The third-order valence-electron chi connectivity index (χ3n) is 2.03. The van der Waals surface area contributed by atoms with Crippen LogP contribution >= 0.6 is 15.9 Å². The summed E-state index contributed by atoms with van der Waals surface area (Å²) in [6, 6.07) is 2.98. The summed E-state index contributed by atoms with van der Waals surface area (Å²) < 4.78 is 24.2. The largest absolute Gasteiger partial charge is 0.488 e. The van der Waals surface area contributed by atoms with Crippen LogP contribution in [-0.4, -0.2) is 25.7 Å². The van der Waals surface area contributed by atoms with Crippen LogP contribution in [0, 0.1) is 11.2 Å². The molecule has 94 valence electrons. The molecule has 1 rings (SSSR count). The minimum atomic E-state index is -0.561. The molecule has 6 heteroatoms. The zero-order chi connectivity index (χ0) is 12.8. The van der Waals surface area contributed by atoms with Crippen LogP contribution in [0.5, 0.6) is 5.75 Å². The van der Waals surface area contributed by atoms with Gasteiger partial charge in [0.25, 0.3) is 0 Å². The van der Waals surface area contributed by atoms with Crippen molar-refractivity contribution in [1.82, 2.24) is 0 Å². The standard InChI is InChI=1S/C11H14BrFN2O2/c1-2-16-5-6-17-8-4-3-7(11(14)15)9(12)10(8)13/h3-4H,2,5-6H2,1H3,(H3,14,15). The predicted octanol–water partition coefficient (Wildman–Crippen LogP) is 2.29. The maximum absolute atomic E-state index is 13.8. The molecule has 0 spiro atoms. The van der Waals surface area contributed by atoms with Gasteiger partial charge in [-0.2, -0.15) is 0 Å². The van der Waals surface area contributed by atoms with Crippen molar-refractivity contribution in [2.24, 2.45) is 5.73 Å². The third-order valence-corrected chi connectivity index (χ3v) is 2.80. The molecule has 0 aliphatic rings. The quantitative estimate of drug-likeness (QED) is 0.481. The van der Waals surface area contributed by atoms with E-state index in [1.165, 1.54) is 12.1 Å². The SMILES string of the molecule is CCOCCOc1ccc(C(=N)N)c(Br)c1F. The van der Waals surface area contributed by atoms with Gasteiger partial charge in [-0.05, 0) is 35.0 Å². The van der Waals surface area contributed by atoms with Crippen LogP contribution < -0.4 is 10.5 Å². The van der Waals surface area contributed by atoms with Crippen LogP contribution in [-0.2, 0) is 4.74 Å². The molecule has 0 bridgehead atoms. The van der Waals surface area contributed by atoms with Crippen molar-refractivity contribution in [2.75, 3.05) is 19.8 Å². The number of nitrogens with two attached hydrogens (primary N) is 1. The predicted molar refractivity (Wildman–Crippen MR) is 67.1 cm³/mol. The Bertz CT molecular complexity index is 413. The molecule has 0 atom stereocenters. The van der Waals surface area contributed by atoms with E-state index in [-0.39, 0.29) is 22.7 Å². The lowest BCUT2D eigenvalue weighted by molar-refractivity contribution is 0.108. The summed E-state index contributed by atoms with van der Waals surface area (Å²) in [5, 5.41) is 7.26. The number of amidine groups is 1. The minimum absolute atomic E-state index is 0.113. The first kappa shape index (κ1) is 13.9. The molecule has 0 fully saturated rings. The highest BCUT2D eigenvalue weighted by Crippen LogP contribution is 2.28. The van der Waals surface area contributed by atoms with Crippen molar-refractivity contribution in [1.29, 1.82) is 5.41 Å². The van der Waals surface area contributed by atoms with Gasteiger partial charge in [-0.3, -0.25) is 5.41 Å². The highest BCUT2D eigenvalue weighted by molar-refractivity contribution is 9.10. The second kappa shape index (κ2) is 6.56. The molecule has 4 nitrogen and oxygen atoms in total. The van der Waals surface area contributed by atoms with Crippen molar-refractivity contribution < 1.29 is 13.9 Å². The Hall–Kier alpha value is -1.14. The summed E-state index contributed by atoms with van der Waals surface area (Å²) in [5.74, 6) is -0.646. The molecular formula is C11H14BrFN2O2. The number of hydrogen-bond donors (Lipinski definition) is 2. The van der Waals surface area contributed by atoms with E-state index in [0.717, 1.165) is 0 Å². The number of halogens is 2. The highest BCUT2D eigenvalue weighted by Gasteiger charge is 2.13. The van der Waals surface area contributed by atoms with Crippen molar-refractivity contribution in [3.8, 4) is 5.75 Å². The summed E-state index contributed by atoms with van der Waals surface area (Å²) in [7, 11) is 0. The van der Waals surface area contributed by atoms with Gasteiger partial charge in [-0.1, -0.05) is 0 Å². The molecule has 0 aromatic heterocycles. The normalized spacial score (nSPS) is 10.3. The van der Waals surface area contributed by atoms with Crippen molar-refractivity contribution >= 4 is 21.8 Å². The van der Waals surface area contributed by atoms with Gasteiger partial charge in [-0.25, -0.2) is 4.39 Å². The van der Waals surface area contributed by atoms with Gasteiger partial charge in [0.05, 0.1) is 11.1 Å². The van der Waals surface area contributed by atoms with Gasteiger partial charge < -0.3 is 15.2 Å². The average Bonchev–Trinajstić information content (AvgIpc) is 2.29. The smallest absolute Gasteiger partial charge is 0.179 e. The average molecular weight is 305 g/mol.